The normalized spacial score (nSPS) is 14.7. The lowest BCUT2D eigenvalue weighted by Crippen LogP contribution is -2.38. The van der Waals surface area contributed by atoms with Gasteiger partial charge in [0.25, 0.3) is 0 Å². The van der Waals surface area contributed by atoms with Crippen molar-refractivity contribution in [3.8, 4) is 0 Å². The molecule has 1 aromatic rings. The molecule has 2 unspecified atom stereocenters. The molecule has 3 nitrogen and oxygen atoms in total. The monoisotopic (exact) mass is 251 g/mol. The van der Waals surface area contributed by atoms with Gasteiger partial charge in [0.15, 0.2) is 0 Å². The molecular formula is C15H25NO2. The molecule has 0 saturated heterocycles. The smallest absolute Gasteiger partial charge is 0.1000 e. The zero-order chi connectivity index (χ0) is 13.4. The molecule has 0 aliphatic rings. The van der Waals surface area contributed by atoms with Crippen LogP contribution < -0.4 is 5.32 Å². The van der Waals surface area contributed by atoms with Gasteiger partial charge >= 0.3 is 0 Å². The summed E-state index contributed by atoms with van der Waals surface area (Å²) >= 11 is 0. The number of likely N-dealkylation sites (N-methyl/N-ethyl adjacent to an activating group) is 1. The van der Waals surface area contributed by atoms with Crippen molar-refractivity contribution in [1.82, 2.24) is 5.32 Å². The SMILES string of the molecule is CCOC(c1ccccc1)C(COC(C)C)NC. The molecule has 0 bridgehead atoms. The van der Waals surface area contributed by atoms with Crippen LogP contribution >= 0.6 is 0 Å². The Kier molecular flexibility index (Phi) is 6.94. The predicted octanol–water partition coefficient (Wildman–Crippen LogP) is 2.78. The molecular weight excluding hydrogens is 226 g/mol. The van der Waals surface area contributed by atoms with Crippen LogP contribution in [0.1, 0.15) is 32.4 Å². The van der Waals surface area contributed by atoms with Crippen molar-refractivity contribution < 1.29 is 9.47 Å². The van der Waals surface area contributed by atoms with Gasteiger partial charge in [0.2, 0.25) is 0 Å². The van der Waals surface area contributed by atoms with E-state index in [9.17, 15) is 0 Å². The quantitative estimate of drug-likeness (QED) is 0.770. The van der Waals surface area contributed by atoms with Gasteiger partial charge in [-0.25, -0.2) is 0 Å². The summed E-state index contributed by atoms with van der Waals surface area (Å²) in [7, 11) is 1.95. The van der Waals surface area contributed by atoms with Crippen LogP contribution in [0.15, 0.2) is 30.3 Å². The van der Waals surface area contributed by atoms with Gasteiger partial charge in [-0.15, -0.1) is 0 Å². The molecule has 0 aliphatic heterocycles. The van der Waals surface area contributed by atoms with Crippen LogP contribution in [0, 0.1) is 0 Å². The fourth-order valence-corrected chi connectivity index (χ4v) is 1.89. The molecule has 0 spiro atoms. The van der Waals surface area contributed by atoms with Gasteiger partial charge < -0.3 is 14.8 Å². The molecule has 0 heterocycles. The maximum atomic E-state index is 5.87. The third-order valence-electron chi connectivity index (χ3n) is 2.82. The number of ether oxygens (including phenoxy) is 2. The Labute approximate surface area is 110 Å². The lowest BCUT2D eigenvalue weighted by Gasteiger charge is -2.27. The van der Waals surface area contributed by atoms with E-state index in [1.165, 1.54) is 5.56 Å². The van der Waals surface area contributed by atoms with E-state index in [0.717, 1.165) is 0 Å². The van der Waals surface area contributed by atoms with Gasteiger partial charge in [0.1, 0.15) is 0 Å². The highest BCUT2D eigenvalue weighted by Gasteiger charge is 2.22. The third-order valence-corrected chi connectivity index (χ3v) is 2.82. The molecule has 0 aromatic heterocycles. The average Bonchev–Trinajstić information content (AvgIpc) is 2.39. The van der Waals surface area contributed by atoms with Crippen molar-refractivity contribution in [1.29, 1.82) is 0 Å². The summed E-state index contributed by atoms with van der Waals surface area (Å²) in [6.07, 6.45) is 0.263. The van der Waals surface area contributed by atoms with E-state index in [2.05, 4.69) is 17.4 Å². The highest BCUT2D eigenvalue weighted by atomic mass is 16.5. The fourth-order valence-electron chi connectivity index (χ4n) is 1.89. The van der Waals surface area contributed by atoms with Crippen molar-refractivity contribution >= 4 is 0 Å². The minimum absolute atomic E-state index is 0.0277. The Bertz CT molecular complexity index is 314. The molecule has 1 N–H and O–H groups in total. The number of hydrogen-bond donors (Lipinski definition) is 1. The van der Waals surface area contributed by atoms with Crippen LogP contribution in [-0.2, 0) is 9.47 Å². The predicted molar refractivity (Wildman–Crippen MR) is 74.7 cm³/mol. The van der Waals surface area contributed by atoms with Gasteiger partial charge in [-0.05, 0) is 33.4 Å². The van der Waals surface area contributed by atoms with Gasteiger partial charge in [0, 0.05) is 6.61 Å². The first-order valence-corrected chi connectivity index (χ1v) is 6.64. The summed E-state index contributed by atoms with van der Waals surface area (Å²) in [5.74, 6) is 0. The summed E-state index contributed by atoms with van der Waals surface area (Å²) in [4.78, 5) is 0. The van der Waals surface area contributed by atoms with Crippen molar-refractivity contribution in [2.24, 2.45) is 0 Å². The second-order valence-electron chi connectivity index (χ2n) is 4.56. The van der Waals surface area contributed by atoms with E-state index in [0.29, 0.717) is 13.2 Å². The molecule has 18 heavy (non-hydrogen) atoms. The van der Waals surface area contributed by atoms with Crippen molar-refractivity contribution in [2.45, 2.75) is 39.0 Å². The van der Waals surface area contributed by atoms with E-state index >= 15 is 0 Å². The summed E-state index contributed by atoms with van der Waals surface area (Å²) < 4.78 is 11.6. The first kappa shape index (κ1) is 15.2. The van der Waals surface area contributed by atoms with Crippen molar-refractivity contribution in [2.75, 3.05) is 20.3 Å². The molecule has 2 atom stereocenters. The Morgan fingerprint density at radius 1 is 1.11 bits per heavy atom. The molecule has 0 saturated carbocycles. The highest BCUT2D eigenvalue weighted by Crippen LogP contribution is 2.21. The fraction of sp³-hybridized carbons (Fsp3) is 0.600. The minimum atomic E-state index is 0.0277. The molecule has 1 aromatic carbocycles. The number of nitrogens with one attached hydrogen (secondary N) is 1. The van der Waals surface area contributed by atoms with E-state index in [-0.39, 0.29) is 18.2 Å². The van der Waals surface area contributed by atoms with Crippen LogP contribution in [-0.4, -0.2) is 32.4 Å². The summed E-state index contributed by atoms with van der Waals surface area (Å²) in [6.45, 7) is 7.45. The second kappa shape index (κ2) is 8.25. The number of rotatable bonds is 8. The van der Waals surface area contributed by atoms with Gasteiger partial charge in [-0.2, -0.15) is 0 Å². The van der Waals surface area contributed by atoms with Crippen LogP contribution in [0.2, 0.25) is 0 Å². The zero-order valence-electron chi connectivity index (χ0n) is 11.8. The maximum absolute atomic E-state index is 5.87. The molecule has 0 fully saturated rings. The van der Waals surface area contributed by atoms with Gasteiger partial charge in [0.05, 0.1) is 24.9 Å². The van der Waals surface area contributed by atoms with E-state index in [1.807, 2.05) is 46.0 Å². The Morgan fingerprint density at radius 2 is 1.78 bits per heavy atom. The van der Waals surface area contributed by atoms with Crippen LogP contribution in [0.4, 0.5) is 0 Å². The molecule has 102 valence electrons. The first-order chi connectivity index (χ1) is 8.69. The van der Waals surface area contributed by atoms with Crippen molar-refractivity contribution in [3.05, 3.63) is 35.9 Å². The number of benzene rings is 1. The standard InChI is InChI=1S/C15H25NO2/c1-5-17-15(13-9-7-6-8-10-13)14(16-4)11-18-12(2)3/h6-10,12,14-16H,5,11H2,1-4H3. The Morgan fingerprint density at radius 3 is 2.28 bits per heavy atom. The zero-order valence-corrected chi connectivity index (χ0v) is 11.8. The summed E-state index contributed by atoms with van der Waals surface area (Å²) in [5.41, 5.74) is 1.19. The lowest BCUT2D eigenvalue weighted by molar-refractivity contribution is -0.0130. The molecule has 0 aliphatic carbocycles. The highest BCUT2D eigenvalue weighted by molar-refractivity contribution is 5.19. The lowest BCUT2D eigenvalue weighted by atomic mass is 10.0. The molecule has 3 heteroatoms. The molecule has 1 rings (SSSR count). The van der Waals surface area contributed by atoms with Crippen LogP contribution in [0.25, 0.3) is 0 Å². The Balaban J connectivity index is 2.75. The maximum Gasteiger partial charge on any atom is 0.1000 e. The van der Waals surface area contributed by atoms with E-state index in [4.69, 9.17) is 9.47 Å². The van der Waals surface area contributed by atoms with Crippen LogP contribution in [0.3, 0.4) is 0 Å². The largest absolute Gasteiger partial charge is 0.377 e. The molecule has 0 radical (unpaired) electrons. The van der Waals surface area contributed by atoms with Gasteiger partial charge in [-0.1, -0.05) is 30.3 Å². The topological polar surface area (TPSA) is 30.5 Å². The number of hydrogen-bond acceptors (Lipinski definition) is 3. The van der Waals surface area contributed by atoms with E-state index in [1.54, 1.807) is 0 Å². The summed E-state index contributed by atoms with van der Waals surface area (Å²) in [6, 6.07) is 10.5. The minimum Gasteiger partial charge on any atom is -0.377 e. The Hall–Kier alpha value is -0.900. The third kappa shape index (κ3) is 4.77. The van der Waals surface area contributed by atoms with E-state index < -0.39 is 0 Å². The average molecular weight is 251 g/mol. The molecule has 0 amide bonds. The second-order valence-corrected chi connectivity index (χ2v) is 4.56. The van der Waals surface area contributed by atoms with Gasteiger partial charge in [-0.3, -0.25) is 0 Å². The van der Waals surface area contributed by atoms with Crippen LogP contribution in [0.5, 0.6) is 0 Å². The van der Waals surface area contributed by atoms with Crippen molar-refractivity contribution in [3.63, 3.8) is 0 Å². The summed E-state index contributed by atoms with van der Waals surface area (Å²) in [5, 5.41) is 3.29. The first-order valence-electron chi connectivity index (χ1n) is 6.64.